The maximum Gasteiger partial charge on any atom is 0.262 e. The van der Waals surface area contributed by atoms with Gasteiger partial charge in [-0.15, -0.1) is 0 Å². The highest BCUT2D eigenvalue weighted by Gasteiger charge is 2.26. The molecule has 0 aliphatic carbocycles. The van der Waals surface area contributed by atoms with E-state index in [9.17, 15) is 17.6 Å². The Morgan fingerprint density at radius 1 is 1.11 bits per heavy atom. The molecule has 28 heavy (non-hydrogen) atoms. The molecule has 6 nitrogen and oxygen atoms in total. The van der Waals surface area contributed by atoms with Crippen LogP contribution in [0.5, 0.6) is 5.75 Å². The molecule has 2 aromatic carbocycles. The number of piperidine rings is 1. The number of nitrogens with zero attached hydrogens (tertiary/aromatic N) is 1. The SMILES string of the molecule is Cc1ccc(S(=O)(=O)N2CCCCC2)cc1NC(=O)COc1ccc(F)cc1. The van der Waals surface area contributed by atoms with E-state index in [1.54, 1.807) is 19.1 Å². The first kappa shape index (κ1) is 20.3. The minimum Gasteiger partial charge on any atom is -0.484 e. The third-order valence-electron chi connectivity index (χ3n) is 4.62. The lowest BCUT2D eigenvalue weighted by Crippen LogP contribution is -2.35. The fraction of sp³-hybridized carbons (Fsp3) is 0.350. The standard InChI is InChI=1S/C20H23FN2O4S/c1-15-5-10-18(28(25,26)23-11-3-2-4-12-23)13-19(15)22-20(24)14-27-17-8-6-16(21)7-9-17/h5-10,13H,2-4,11-12,14H2,1H3,(H,22,24). The first-order valence-electron chi connectivity index (χ1n) is 9.15. The summed E-state index contributed by atoms with van der Waals surface area (Å²) in [5.41, 5.74) is 1.17. The van der Waals surface area contributed by atoms with Crippen LogP contribution in [0, 0.1) is 12.7 Å². The molecule has 0 atom stereocenters. The molecular formula is C20H23FN2O4S. The third-order valence-corrected chi connectivity index (χ3v) is 6.51. The van der Waals surface area contributed by atoms with Gasteiger partial charge in [-0.05, 0) is 61.7 Å². The molecule has 1 fully saturated rings. The molecule has 1 aliphatic rings. The van der Waals surface area contributed by atoms with Crippen LogP contribution in [0.2, 0.25) is 0 Å². The summed E-state index contributed by atoms with van der Waals surface area (Å²) < 4.78 is 45.4. The van der Waals surface area contributed by atoms with Crippen molar-refractivity contribution in [2.75, 3.05) is 25.0 Å². The molecule has 0 unspecified atom stereocenters. The molecule has 1 amide bonds. The number of aryl methyl sites for hydroxylation is 1. The molecule has 3 rings (SSSR count). The monoisotopic (exact) mass is 406 g/mol. The number of benzene rings is 2. The number of hydrogen-bond acceptors (Lipinski definition) is 4. The van der Waals surface area contributed by atoms with Crippen LogP contribution < -0.4 is 10.1 Å². The van der Waals surface area contributed by atoms with Crippen LogP contribution in [0.1, 0.15) is 24.8 Å². The molecule has 0 spiro atoms. The third kappa shape index (κ3) is 4.88. The molecule has 0 bridgehead atoms. The van der Waals surface area contributed by atoms with E-state index in [4.69, 9.17) is 4.74 Å². The highest BCUT2D eigenvalue weighted by Crippen LogP contribution is 2.25. The molecule has 1 saturated heterocycles. The normalized spacial score (nSPS) is 15.2. The van der Waals surface area contributed by atoms with Gasteiger partial charge in [-0.2, -0.15) is 4.31 Å². The van der Waals surface area contributed by atoms with E-state index in [-0.39, 0.29) is 17.3 Å². The molecule has 1 N–H and O–H groups in total. The second-order valence-electron chi connectivity index (χ2n) is 6.73. The van der Waals surface area contributed by atoms with Crippen molar-refractivity contribution in [3.63, 3.8) is 0 Å². The molecule has 1 aliphatic heterocycles. The first-order valence-corrected chi connectivity index (χ1v) is 10.6. The fourth-order valence-electron chi connectivity index (χ4n) is 3.02. The predicted octanol–water partition coefficient (Wildman–Crippen LogP) is 3.33. The van der Waals surface area contributed by atoms with E-state index < -0.39 is 15.9 Å². The van der Waals surface area contributed by atoms with Gasteiger partial charge in [0.05, 0.1) is 4.90 Å². The molecule has 0 radical (unpaired) electrons. The smallest absolute Gasteiger partial charge is 0.262 e. The van der Waals surface area contributed by atoms with Gasteiger partial charge in [0.2, 0.25) is 10.0 Å². The van der Waals surface area contributed by atoms with Gasteiger partial charge < -0.3 is 10.1 Å². The lowest BCUT2D eigenvalue weighted by Gasteiger charge is -2.26. The maximum absolute atomic E-state index is 12.9. The fourth-order valence-corrected chi connectivity index (χ4v) is 4.56. The zero-order valence-electron chi connectivity index (χ0n) is 15.7. The molecule has 0 saturated carbocycles. The number of nitrogens with one attached hydrogen (secondary N) is 1. The van der Waals surface area contributed by atoms with Crippen molar-refractivity contribution >= 4 is 21.6 Å². The van der Waals surface area contributed by atoms with Gasteiger partial charge >= 0.3 is 0 Å². The quantitative estimate of drug-likeness (QED) is 0.799. The lowest BCUT2D eigenvalue weighted by molar-refractivity contribution is -0.118. The van der Waals surface area contributed by atoms with E-state index in [1.165, 1.54) is 34.6 Å². The summed E-state index contributed by atoms with van der Waals surface area (Å²) in [5, 5.41) is 2.69. The Balaban J connectivity index is 1.68. The predicted molar refractivity (Wildman–Crippen MR) is 104 cm³/mol. The van der Waals surface area contributed by atoms with Crippen molar-refractivity contribution in [2.45, 2.75) is 31.1 Å². The van der Waals surface area contributed by atoms with Crippen molar-refractivity contribution in [1.82, 2.24) is 4.31 Å². The Morgan fingerprint density at radius 3 is 2.46 bits per heavy atom. The van der Waals surface area contributed by atoms with E-state index in [0.29, 0.717) is 24.5 Å². The summed E-state index contributed by atoms with van der Waals surface area (Å²) in [6.07, 6.45) is 2.75. The molecule has 8 heteroatoms. The number of anilines is 1. The number of amides is 1. The van der Waals surface area contributed by atoms with Gasteiger partial charge in [-0.1, -0.05) is 12.5 Å². The summed E-state index contributed by atoms with van der Waals surface area (Å²) in [6, 6.07) is 10.1. The Kier molecular flexibility index (Phi) is 6.31. The van der Waals surface area contributed by atoms with Crippen LogP contribution in [-0.2, 0) is 14.8 Å². The Labute approximate surface area is 164 Å². The van der Waals surface area contributed by atoms with Gasteiger partial charge in [0.25, 0.3) is 5.91 Å². The highest BCUT2D eigenvalue weighted by molar-refractivity contribution is 7.89. The summed E-state index contributed by atoms with van der Waals surface area (Å²) >= 11 is 0. The van der Waals surface area contributed by atoms with Crippen molar-refractivity contribution < 1.29 is 22.3 Å². The lowest BCUT2D eigenvalue weighted by atomic mass is 10.2. The average Bonchev–Trinajstić information content (AvgIpc) is 2.70. The Bertz CT molecular complexity index is 939. The minimum atomic E-state index is -3.58. The topological polar surface area (TPSA) is 75.7 Å². The number of hydrogen-bond donors (Lipinski definition) is 1. The summed E-state index contributed by atoms with van der Waals surface area (Å²) in [6.45, 7) is 2.55. The number of sulfonamides is 1. The second kappa shape index (κ2) is 8.70. The number of halogens is 1. The molecular weight excluding hydrogens is 383 g/mol. The van der Waals surface area contributed by atoms with Crippen molar-refractivity contribution in [3.05, 3.63) is 53.8 Å². The number of carbonyl (C=O) groups excluding carboxylic acids is 1. The van der Waals surface area contributed by atoms with E-state index in [0.717, 1.165) is 24.8 Å². The number of ether oxygens (including phenoxy) is 1. The molecule has 1 heterocycles. The Hall–Kier alpha value is -2.45. The maximum atomic E-state index is 12.9. The largest absolute Gasteiger partial charge is 0.484 e. The number of rotatable bonds is 6. The van der Waals surface area contributed by atoms with Crippen LogP contribution in [0.25, 0.3) is 0 Å². The summed E-state index contributed by atoms with van der Waals surface area (Å²) in [4.78, 5) is 12.4. The first-order chi connectivity index (χ1) is 13.4. The van der Waals surface area contributed by atoms with Gasteiger partial charge in [0.1, 0.15) is 11.6 Å². The Morgan fingerprint density at radius 2 is 1.79 bits per heavy atom. The zero-order chi connectivity index (χ0) is 20.1. The van der Waals surface area contributed by atoms with Crippen molar-refractivity contribution in [1.29, 1.82) is 0 Å². The average molecular weight is 406 g/mol. The molecule has 150 valence electrons. The van der Waals surface area contributed by atoms with E-state index in [2.05, 4.69) is 5.32 Å². The van der Waals surface area contributed by atoms with Crippen LogP contribution in [0.4, 0.5) is 10.1 Å². The van der Waals surface area contributed by atoms with Crippen LogP contribution in [-0.4, -0.2) is 38.3 Å². The summed E-state index contributed by atoms with van der Waals surface area (Å²) in [5.74, 6) is -0.450. The summed E-state index contributed by atoms with van der Waals surface area (Å²) in [7, 11) is -3.58. The van der Waals surface area contributed by atoms with Crippen LogP contribution >= 0.6 is 0 Å². The van der Waals surface area contributed by atoms with Crippen LogP contribution in [0.15, 0.2) is 47.4 Å². The molecule has 2 aromatic rings. The minimum absolute atomic E-state index is 0.162. The van der Waals surface area contributed by atoms with Gasteiger partial charge in [-0.3, -0.25) is 4.79 Å². The van der Waals surface area contributed by atoms with E-state index >= 15 is 0 Å². The second-order valence-corrected chi connectivity index (χ2v) is 8.67. The number of carbonyl (C=O) groups is 1. The zero-order valence-corrected chi connectivity index (χ0v) is 16.5. The van der Waals surface area contributed by atoms with Gasteiger partial charge in [-0.25, -0.2) is 12.8 Å². The van der Waals surface area contributed by atoms with Crippen molar-refractivity contribution in [3.8, 4) is 5.75 Å². The van der Waals surface area contributed by atoms with Crippen molar-refractivity contribution in [2.24, 2.45) is 0 Å². The van der Waals surface area contributed by atoms with Gasteiger partial charge in [0, 0.05) is 18.8 Å². The van der Waals surface area contributed by atoms with E-state index in [1.807, 2.05) is 0 Å². The highest BCUT2D eigenvalue weighted by atomic mass is 32.2. The van der Waals surface area contributed by atoms with Gasteiger partial charge in [0.15, 0.2) is 6.61 Å². The van der Waals surface area contributed by atoms with Crippen LogP contribution in [0.3, 0.4) is 0 Å². The molecule has 0 aromatic heterocycles.